The molecular weight excluding hydrogens is 204 g/mol. The summed E-state index contributed by atoms with van der Waals surface area (Å²) in [6.07, 6.45) is 6.93. The molecule has 0 rings (SSSR count). The van der Waals surface area contributed by atoms with E-state index in [0.29, 0.717) is 0 Å². The zero-order valence-electron chi connectivity index (χ0n) is 13.4. The lowest BCUT2D eigenvalue weighted by Crippen LogP contribution is -2.17. The second-order valence-electron chi connectivity index (χ2n) is 6.72. The Morgan fingerprint density at radius 1 is 0.647 bits per heavy atom. The zero-order valence-corrected chi connectivity index (χ0v) is 13.4. The molecule has 3 atom stereocenters. The van der Waals surface area contributed by atoms with Crippen LogP contribution < -0.4 is 0 Å². The lowest BCUT2D eigenvalue weighted by Gasteiger charge is -2.28. The molecule has 0 heterocycles. The van der Waals surface area contributed by atoms with Crippen LogP contribution in [-0.4, -0.2) is 0 Å². The first-order valence-electron chi connectivity index (χ1n) is 7.92. The first-order chi connectivity index (χ1) is 7.92. The highest BCUT2D eigenvalue weighted by molar-refractivity contribution is 4.70. The van der Waals surface area contributed by atoms with Crippen molar-refractivity contribution in [1.29, 1.82) is 0 Å². The molecule has 0 aromatic carbocycles. The van der Waals surface area contributed by atoms with Crippen molar-refractivity contribution >= 4 is 0 Å². The molecule has 0 heteroatoms. The quantitative estimate of drug-likeness (QED) is 0.453. The maximum absolute atomic E-state index is 2.46. The van der Waals surface area contributed by atoms with Gasteiger partial charge in [0.1, 0.15) is 0 Å². The third kappa shape index (κ3) is 7.11. The van der Waals surface area contributed by atoms with Crippen LogP contribution in [0.2, 0.25) is 0 Å². The maximum Gasteiger partial charge on any atom is -0.0394 e. The molecule has 0 aliphatic rings. The summed E-state index contributed by atoms with van der Waals surface area (Å²) in [7, 11) is 0. The second kappa shape index (κ2) is 9.00. The largest absolute Gasteiger partial charge is 0.0651 e. The summed E-state index contributed by atoms with van der Waals surface area (Å²) < 4.78 is 0. The standard InChI is InChI=1S/C17H36/c1-8-17(9-2)16(7)12-15(6)14(5)11-10-13(3)4/h13-17H,8-12H2,1-7H3. The van der Waals surface area contributed by atoms with Gasteiger partial charge >= 0.3 is 0 Å². The molecule has 3 unspecified atom stereocenters. The van der Waals surface area contributed by atoms with Crippen LogP contribution in [0.3, 0.4) is 0 Å². The average molecular weight is 240 g/mol. The molecule has 0 aromatic rings. The summed E-state index contributed by atoms with van der Waals surface area (Å²) in [5, 5.41) is 0. The maximum atomic E-state index is 2.46. The van der Waals surface area contributed by atoms with Crippen LogP contribution in [0.15, 0.2) is 0 Å². The monoisotopic (exact) mass is 240 g/mol. The van der Waals surface area contributed by atoms with Gasteiger partial charge in [0.05, 0.1) is 0 Å². The number of rotatable bonds is 9. The van der Waals surface area contributed by atoms with Gasteiger partial charge in [-0.15, -0.1) is 0 Å². The van der Waals surface area contributed by atoms with Crippen LogP contribution in [0.4, 0.5) is 0 Å². The summed E-state index contributed by atoms with van der Waals surface area (Å²) in [6, 6.07) is 0. The molecule has 17 heavy (non-hydrogen) atoms. The molecule has 0 amide bonds. The van der Waals surface area contributed by atoms with Gasteiger partial charge in [0.15, 0.2) is 0 Å². The normalized spacial score (nSPS) is 17.5. The minimum absolute atomic E-state index is 0.862. The predicted molar refractivity (Wildman–Crippen MR) is 80.3 cm³/mol. The van der Waals surface area contributed by atoms with E-state index in [-0.39, 0.29) is 0 Å². The van der Waals surface area contributed by atoms with Crippen LogP contribution >= 0.6 is 0 Å². The van der Waals surface area contributed by atoms with E-state index in [2.05, 4.69) is 48.5 Å². The van der Waals surface area contributed by atoms with Crippen LogP contribution in [0, 0.1) is 29.6 Å². The van der Waals surface area contributed by atoms with Crippen molar-refractivity contribution < 1.29 is 0 Å². The third-order valence-corrected chi connectivity index (χ3v) is 4.77. The van der Waals surface area contributed by atoms with Gasteiger partial charge in [0.25, 0.3) is 0 Å². The summed E-state index contributed by atoms with van der Waals surface area (Å²) >= 11 is 0. The van der Waals surface area contributed by atoms with E-state index in [0.717, 1.165) is 29.6 Å². The minimum Gasteiger partial charge on any atom is -0.0651 e. The summed E-state index contributed by atoms with van der Waals surface area (Å²) in [5.41, 5.74) is 0. The van der Waals surface area contributed by atoms with E-state index in [9.17, 15) is 0 Å². The minimum atomic E-state index is 0.862. The highest BCUT2D eigenvalue weighted by Gasteiger charge is 2.20. The van der Waals surface area contributed by atoms with E-state index in [1.165, 1.54) is 32.1 Å². The third-order valence-electron chi connectivity index (χ3n) is 4.77. The van der Waals surface area contributed by atoms with Crippen molar-refractivity contribution in [2.24, 2.45) is 29.6 Å². The summed E-state index contributed by atoms with van der Waals surface area (Å²) in [5.74, 6) is 4.50. The van der Waals surface area contributed by atoms with Gasteiger partial charge in [-0.2, -0.15) is 0 Å². The van der Waals surface area contributed by atoms with Crippen molar-refractivity contribution in [2.75, 3.05) is 0 Å². The smallest absolute Gasteiger partial charge is 0.0394 e. The van der Waals surface area contributed by atoms with Crippen LogP contribution in [0.25, 0.3) is 0 Å². The van der Waals surface area contributed by atoms with Gasteiger partial charge in [-0.1, -0.05) is 74.1 Å². The van der Waals surface area contributed by atoms with Crippen LogP contribution in [-0.2, 0) is 0 Å². The fourth-order valence-electron chi connectivity index (χ4n) is 2.99. The SMILES string of the molecule is CCC(CC)C(C)CC(C)C(C)CCC(C)C. The fraction of sp³-hybridized carbons (Fsp3) is 1.00. The van der Waals surface area contributed by atoms with E-state index in [1.807, 2.05) is 0 Å². The van der Waals surface area contributed by atoms with Gasteiger partial charge in [-0.25, -0.2) is 0 Å². The number of hydrogen-bond acceptors (Lipinski definition) is 0. The average Bonchev–Trinajstić information content (AvgIpc) is 2.27. The Bertz CT molecular complexity index is 167. The van der Waals surface area contributed by atoms with Gasteiger partial charge in [-0.05, 0) is 36.0 Å². The molecule has 0 saturated carbocycles. The number of hydrogen-bond donors (Lipinski definition) is 0. The lowest BCUT2D eigenvalue weighted by molar-refractivity contribution is 0.230. The predicted octanol–water partition coefficient (Wildman–Crippen LogP) is 6.16. The molecule has 0 spiro atoms. The van der Waals surface area contributed by atoms with Crippen molar-refractivity contribution in [2.45, 2.75) is 80.6 Å². The van der Waals surface area contributed by atoms with E-state index in [4.69, 9.17) is 0 Å². The highest BCUT2D eigenvalue weighted by atomic mass is 14.3. The molecule has 0 nitrogen and oxygen atoms in total. The lowest BCUT2D eigenvalue weighted by atomic mass is 9.78. The molecule has 0 saturated heterocycles. The summed E-state index contributed by atoms with van der Waals surface area (Å²) in [4.78, 5) is 0. The summed E-state index contributed by atoms with van der Waals surface area (Å²) in [6.45, 7) is 16.7. The van der Waals surface area contributed by atoms with Gasteiger partial charge in [-0.3, -0.25) is 0 Å². The molecule has 0 fully saturated rings. The molecule has 0 bridgehead atoms. The van der Waals surface area contributed by atoms with Crippen molar-refractivity contribution in [3.63, 3.8) is 0 Å². The molecule has 0 N–H and O–H groups in total. The molecule has 0 aliphatic carbocycles. The Labute approximate surface area is 111 Å². The zero-order chi connectivity index (χ0) is 13.4. The van der Waals surface area contributed by atoms with Crippen molar-refractivity contribution in [1.82, 2.24) is 0 Å². The Hall–Kier alpha value is 0. The topological polar surface area (TPSA) is 0 Å². The first-order valence-corrected chi connectivity index (χ1v) is 7.92. The van der Waals surface area contributed by atoms with Gasteiger partial charge in [0, 0.05) is 0 Å². The molecule has 0 aromatic heterocycles. The van der Waals surface area contributed by atoms with Crippen LogP contribution in [0.5, 0.6) is 0 Å². The van der Waals surface area contributed by atoms with E-state index >= 15 is 0 Å². The second-order valence-corrected chi connectivity index (χ2v) is 6.72. The molecule has 0 aliphatic heterocycles. The van der Waals surface area contributed by atoms with Gasteiger partial charge in [0.2, 0.25) is 0 Å². The highest BCUT2D eigenvalue weighted by Crippen LogP contribution is 2.30. The molecular formula is C17H36. The Kier molecular flexibility index (Phi) is 9.00. The molecule has 0 radical (unpaired) electrons. The Balaban J connectivity index is 4.01. The Morgan fingerprint density at radius 3 is 1.59 bits per heavy atom. The van der Waals surface area contributed by atoms with Gasteiger partial charge < -0.3 is 0 Å². The van der Waals surface area contributed by atoms with Crippen molar-refractivity contribution in [3.05, 3.63) is 0 Å². The van der Waals surface area contributed by atoms with E-state index in [1.54, 1.807) is 0 Å². The Morgan fingerprint density at radius 2 is 1.18 bits per heavy atom. The van der Waals surface area contributed by atoms with Crippen LogP contribution in [0.1, 0.15) is 80.6 Å². The first kappa shape index (κ1) is 17.0. The van der Waals surface area contributed by atoms with E-state index < -0.39 is 0 Å². The van der Waals surface area contributed by atoms with Crippen molar-refractivity contribution in [3.8, 4) is 0 Å². The fourth-order valence-corrected chi connectivity index (χ4v) is 2.99. The molecule has 104 valence electrons.